The second-order valence-corrected chi connectivity index (χ2v) is 7.03. The van der Waals surface area contributed by atoms with Gasteiger partial charge in [0.1, 0.15) is 11.9 Å². The molecule has 1 aromatic carbocycles. The summed E-state index contributed by atoms with van der Waals surface area (Å²) in [6.07, 6.45) is -0.657. The van der Waals surface area contributed by atoms with Crippen LogP contribution in [0.5, 0.6) is 0 Å². The molecular formula is C15H17ClFNOS. The number of hydrogen-bond donors (Lipinski definition) is 1. The van der Waals surface area contributed by atoms with Crippen molar-refractivity contribution in [3.05, 3.63) is 50.7 Å². The van der Waals surface area contributed by atoms with Crippen LogP contribution in [0.3, 0.4) is 0 Å². The molecule has 0 fully saturated rings. The molecule has 0 aliphatic carbocycles. The predicted molar refractivity (Wildman–Crippen MR) is 80.9 cm³/mol. The van der Waals surface area contributed by atoms with Crippen molar-refractivity contribution in [3.8, 4) is 0 Å². The Labute approximate surface area is 127 Å². The van der Waals surface area contributed by atoms with Gasteiger partial charge in [0.05, 0.1) is 15.7 Å². The van der Waals surface area contributed by atoms with E-state index in [4.69, 9.17) is 11.6 Å². The van der Waals surface area contributed by atoms with E-state index in [9.17, 15) is 9.50 Å². The molecule has 20 heavy (non-hydrogen) atoms. The van der Waals surface area contributed by atoms with Gasteiger partial charge in [-0.1, -0.05) is 44.5 Å². The Bertz CT molecular complexity index is 606. The molecule has 0 bridgehead atoms. The van der Waals surface area contributed by atoms with E-state index in [1.165, 1.54) is 17.4 Å². The maximum absolute atomic E-state index is 13.8. The summed E-state index contributed by atoms with van der Waals surface area (Å²) in [5.74, 6) is -0.473. The summed E-state index contributed by atoms with van der Waals surface area (Å²) in [5, 5.41) is 13.1. The number of nitrogens with zero attached hydrogens (tertiary/aromatic N) is 1. The Morgan fingerprint density at radius 2 is 2.10 bits per heavy atom. The number of rotatable bonds is 3. The van der Waals surface area contributed by atoms with Crippen molar-refractivity contribution in [1.82, 2.24) is 4.98 Å². The quantitative estimate of drug-likeness (QED) is 0.904. The summed E-state index contributed by atoms with van der Waals surface area (Å²) in [5.41, 5.74) is 0.929. The summed E-state index contributed by atoms with van der Waals surface area (Å²) < 4.78 is 13.8. The lowest BCUT2D eigenvalue weighted by molar-refractivity contribution is 0.172. The van der Waals surface area contributed by atoms with E-state index in [0.29, 0.717) is 11.3 Å². The minimum absolute atomic E-state index is 0.0516. The molecule has 0 radical (unpaired) electrons. The van der Waals surface area contributed by atoms with Crippen LogP contribution in [0.1, 0.15) is 43.1 Å². The monoisotopic (exact) mass is 313 g/mol. The van der Waals surface area contributed by atoms with Crippen LogP contribution in [0, 0.1) is 5.82 Å². The molecule has 1 heterocycles. The zero-order valence-corrected chi connectivity index (χ0v) is 13.2. The zero-order valence-electron chi connectivity index (χ0n) is 11.7. The molecule has 0 amide bonds. The number of thiazole rings is 1. The van der Waals surface area contributed by atoms with Crippen LogP contribution in [0.15, 0.2) is 23.6 Å². The minimum atomic E-state index is -0.824. The smallest absolute Gasteiger partial charge is 0.145 e. The van der Waals surface area contributed by atoms with E-state index < -0.39 is 11.9 Å². The van der Waals surface area contributed by atoms with Gasteiger partial charge in [-0.2, -0.15) is 0 Å². The lowest BCUT2D eigenvalue weighted by atomic mass is 9.98. The SMILES string of the molecule is CC(C)(C)c1nc(C(O)Cc2cccc(Cl)c2F)cs1. The van der Waals surface area contributed by atoms with Gasteiger partial charge in [-0.3, -0.25) is 0 Å². The minimum Gasteiger partial charge on any atom is -0.386 e. The van der Waals surface area contributed by atoms with E-state index in [1.54, 1.807) is 12.1 Å². The van der Waals surface area contributed by atoms with Crippen LogP contribution in [0.25, 0.3) is 0 Å². The molecular weight excluding hydrogens is 297 g/mol. The topological polar surface area (TPSA) is 33.1 Å². The fraction of sp³-hybridized carbons (Fsp3) is 0.400. The van der Waals surface area contributed by atoms with E-state index in [0.717, 1.165) is 5.01 Å². The van der Waals surface area contributed by atoms with E-state index in [1.807, 2.05) is 5.38 Å². The van der Waals surface area contributed by atoms with Crippen molar-refractivity contribution >= 4 is 22.9 Å². The second-order valence-electron chi connectivity index (χ2n) is 5.76. The molecule has 5 heteroatoms. The number of halogens is 2. The van der Waals surface area contributed by atoms with Crippen LogP contribution < -0.4 is 0 Å². The Balaban J connectivity index is 2.18. The molecule has 2 nitrogen and oxygen atoms in total. The molecule has 1 atom stereocenters. The molecule has 2 aromatic rings. The van der Waals surface area contributed by atoms with E-state index in [2.05, 4.69) is 25.8 Å². The number of aliphatic hydroxyl groups excluding tert-OH is 1. The maximum Gasteiger partial charge on any atom is 0.145 e. The average molecular weight is 314 g/mol. The van der Waals surface area contributed by atoms with Crippen LogP contribution in [-0.4, -0.2) is 10.1 Å². The van der Waals surface area contributed by atoms with Gasteiger partial charge in [-0.15, -0.1) is 11.3 Å². The molecule has 0 saturated carbocycles. The summed E-state index contributed by atoms with van der Waals surface area (Å²) >= 11 is 7.25. The van der Waals surface area contributed by atoms with Gasteiger partial charge in [-0.25, -0.2) is 9.37 Å². The highest BCUT2D eigenvalue weighted by atomic mass is 35.5. The van der Waals surface area contributed by atoms with Crippen molar-refractivity contribution in [2.75, 3.05) is 0 Å². The van der Waals surface area contributed by atoms with Crippen molar-refractivity contribution in [2.24, 2.45) is 0 Å². The fourth-order valence-corrected chi connectivity index (χ4v) is 2.95. The maximum atomic E-state index is 13.8. The predicted octanol–water partition coefficient (Wildman–Crippen LogP) is 4.51. The molecule has 1 N–H and O–H groups in total. The summed E-state index contributed by atoms with van der Waals surface area (Å²) in [7, 11) is 0. The summed E-state index contributed by atoms with van der Waals surface area (Å²) in [4.78, 5) is 4.44. The number of aromatic nitrogens is 1. The van der Waals surface area contributed by atoms with Crippen LogP contribution in [-0.2, 0) is 11.8 Å². The molecule has 1 aromatic heterocycles. The first kappa shape index (κ1) is 15.4. The first-order chi connectivity index (χ1) is 9.29. The van der Waals surface area contributed by atoms with Gasteiger partial charge in [0.25, 0.3) is 0 Å². The van der Waals surface area contributed by atoms with Crippen molar-refractivity contribution in [3.63, 3.8) is 0 Å². The van der Waals surface area contributed by atoms with Crippen molar-refractivity contribution < 1.29 is 9.50 Å². The standard InChI is InChI=1S/C15H17ClFNOS/c1-15(2,3)14-18-11(8-20-14)12(19)7-9-5-4-6-10(16)13(9)17/h4-6,8,12,19H,7H2,1-3H3. The normalized spacial score (nSPS) is 13.5. The van der Waals surface area contributed by atoms with Crippen LogP contribution in [0.2, 0.25) is 5.02 Å². The molecule has 2 rings (SSSR count). The van der Waals surface area contributed by atoms with Crippen LogP contribution in [0.4, 0.5) is 4.39 Å². The molecule has 0 spiro atoms. The summed E-state index contributed by atoms with van der Waals surface area (Å²) in [6, 6.07) is 4.80. The third-order valence-electron chi connectivity index (χ3n) is 2.95. The highest BCUT2D eigenvalue weighted by Crippen LogP contribution is 2.29. The van der Waals surface area contributed by atoms with Gasteiger partial charge < -0.3 is 5.11 Å². The van der Waals surface area contributed by atoms with Gasteiger partial charge in [-0.05, 0) is 11.6 Å². The van der Waals surface area contributed by atoms with Gasteiger partial charge in [0.15, 0.2) is 0 Å². The molecule has 0 aliphatic rings. The number of benzene rings is 1. The lowest BCUT2D eigenvalue weighted by Crippen LogP contribution is -2.11. The van der Waals surface area contributed by atoms with Gasteiger partial charge >= 0.3 is 0 Å². The number of aliphatic hydroxyl groups is 1. The average Bonchev–Trinajstić information content (AvgIpc) is 2.84. The summed E-state index contributed by atoms with van der Waals surface area (Å²) in [6.45, 7) is 6.20. The molecule has 1 unspecified atom stereocenters. The van der Waals surface area contributed by atoms with E-state index >= 15 is 0 Å². The van der Waals surface area contributed by atoms with Gasteiger partial charge in [0, 0.05) is 17.2 Å². The fourth-order valence-electron chi connectivity index (χ4n) is 1.80. The second kappa shape index (κ2) is 5.80. The molecule has 108 valence electrons. The third kappa shape index (κ3) is 3.37. The first-order valence-electron chi connectivity index (χ1n) is 6.36. The largest absolute Gasteiger partial charge is 0.386 e. The van der Waals surface area contributed by atoms with Crippen LogP contribution >= 0.6 is 22.9 Å². The van der Waals surface area contributed by atoms with Gasteiger partial charge in [0.2, 0.25) is 0 Å². The Kier molecular flexibility index (Phi) is 4.47. The Morgan fingerprint density at radius 1 is 1.40 bits per heavy atom. The van der Waals surface area contributed by atoms with E-state index in [-0.39, 0.29) is 16.9 Å². The Hall–Kier alpha value is -0.970. The third-order valence-corrected chi connectivity index (χ3v) is 4.53. The highest BCUT2D eigenvalue weighted by Gasteiger charge is 2.21. The number of hydrogen-bond acceptors (Lipinski definition) is 3. The molecule has 0 aliphatic heterocycles. The lowest BCUT2D eigenvalue weighted by Gasteiger charge is -2.14. The highest BCUT2D eigenvalue weighted by molar-refractivity contribution is 7.09. The Morgan fingerprint density at radius 3 is 2.70 bits per heavy atom. The van der Waals surface area contributed by atoms with Crippen molar-refractivity contribution in [1.29, 1.82) is 0 Å². The van der Waals surface area contributed by atoms with Crippen molar-refractivity contribution in [2.45, 2.75) is 38.7 Å². The first-order valence-corrected chi connectivity index (χ1v) is 7.61. The molecule has 0 saturated heterocycles. The zero-order chi connectivity index (χ0) is 14.9.